The van der Waals surface area contributed by atoms with Crippen molar-refractivity contribution in [3.63, 3.8) is 0 Å². The number of hydrogen-bond acceptors (Lipinski definition) is 3. The van der Waals surface area contributed by atoms with Gasteiger partial charge in [0.15, 0.2) is 0 Å². The van der Waals surface area contributed by atoms with Gasteiger partial charge in [0.1, 0.15) is 5.75 Å². The Morgan fingerprint density at radius 1 is 1.17 bits per heavy atom. The minimum Gasteiger partial charge on any atom is -0.507 e. The maximum absolute atomic E-state index is 13.0. The van der Waals surface area contributed by atoms with Gasteiger partial charge in [0.2, 0.25) is 5.91 Å². The van der Waals surface area contributed by atoms with Gasteiger partial charge in [-0.2, -0.15) is 5.10 Å². The number of amides is 1. The summed E-state index contributed by atoms with van der Waals surface area (Å²) in [6.07, 6.45) is 8.32. The van der Waals surface area contributed by atoms with Gasteiger partial charge in [-0.3, -0.25) is 4.79 Å². The molecule has 24 heavy (non-hydrogen) atoms. The fourth-order valence-corrected chi connectivity index (χ4v) is 6.58. The van der Waals surface area contributed by atoms with Crippen LogP contribution in [-0.2, 0) is 4.79 Å². The van der Waals surface area contributed by atoms with Crippen molar-refractivity contribution in [2.45, 2.75) is 52.4 Å². The molecule has 0 unspecified atom stereocenters. The summed E-state index contributed by atoms with van der Waals surface area (Å²) in [5, 5.41) is 13.9. The number of nitrogens with zero attached hydrogens (tertiary/aromatic N) is 1. The molecule has 0 spiro atoms. The van der Waals surface area contributed by atoms with Gasteiger partial charge in [0, 0.05) is 5.56 Å². The quantitative estimate of drug-likeness (QED) is 0.655. The Hall–Kier alpha value is -1.84. The van der Waals surface area contributed by atoms with Crippen LogP contribution >= 0.6 is 0 Å². The van der Waals surface area contributed by atoms with E-state index in [0.717, 1.165) is 19.3 Å². The molecule has 1 aromatic rings. The third-order valence-corrected chi connectivity index (χ3v) is 6.41. The molecule has 4 nitrogen and oxygen atoms in total. The second kappa shape index (κ2) is 5.08. The lowest BCUT2D eigenvalue weighted by Gasteiger charge is -2.64. The maximum Gasteiger partial charge on any atom is 0.246 e. The average molecular weight is 326 g/mol. The van der Waals surface area contributed by atoms with Gasteiger partial charge < -0.3 is 5.11 Å². The van der Waals surface area contributed by atoms with Crippen LogP contribution in [0.3, 0.4) is 0 Å². The summed E-state index contributed by atoms with van der Waals surface area (Å²) in [5.74, 6) is 0.921. The van der Waals surface area contributed by atoms with Crippen LogP contribution in [0.15, 0.2) is 29.4 Å². The van der Waals surface area contributed by atoms with E-state index in [1.165, 1.54) is 25.5 Å². The number of nitrogens with one attached hydrogen (secondary N) is 1. The molecule has 1 aromatic carbocycles. The number of carbonyl (C=O) groups is 1. The van der Waals surface area contributed by atoms with Crippen LogP contribution in [0.25, 0.3) is 0 Å². The largest absolute Gasteiger partial charge is 0.507 e. The highest BCUT2D eigenvalue weighted by Gasteiger charge is 2.62. The zero-order valence-electron chi connectivity index (χ0n) is 14.5. The van der Waals surface area contributed by atoms with Gasteiger partial charge in [-0.25, -0.2) is 5.43 Å². The van der Waals surface area contributed by atoms with Crippen LogP contribution in [0, 0.1) is 22.2 Å². The number of carbonyl (C=O) groups excluding carboxylic acids is 1. The molecule has 4 aliphatic carbocycles. The second-order valence-corrected chi connectivity index (χ2v) is 9.17. The Bertz CT molecular complexity index is 693. The van der Waals surface area contributed by atoms with Crippen molar-refractivity contribution in [1.29, 1.82) is 0 Å². The molecule has 0 saturated heterocycles. The van der Waals surface area contributed by atoms with Crippen molar-refractivity contribution in [3.05, 3.63) is 29.8 Å². The van der Waals surface area contributed by atoms with Crippen molar-refractivity contribution >= 4 is 12.1 Å². The topological polar surface area (TPSA) is 61.7 Å². The minimum absolute atomic E-state index is 0.0655. The Morgan fingerprint density at radius 3 is 2.46 bits per heavy atom. The normalized spacial score (nSPS) is 40.2. The molecule has 4 saturated carbocycles. The standard InChI is InChI=1S/C20H26N2O2/c1-18-7-14-8-19(2,11-18)13-20(9-14,12-18)17(24)22-21-10-15-5-3-4-6-16(15)23/h3-6,10,14,23H,7-9,11-13H2,1-2H3,(H,22,24)/b21-10-/t14?,18-,19-,20?/m0/s1. The van der Waals surface area contributed by atoms with E-state index in [9.17, 15) is 9.90 Å². The van der Waals surface area contributed by atoms with E-state index in [1.54, 1.807) is 18.2 Å². The van der Waals surface area contributed by atoms with Crippen LogP contribution in [0.5, 0.6) is 5.75 Å². The Morgan fingerprint density at radius 2 is 1.83 bits per heavy atom. The van der Waals surface area contributed by atoms with Crippen molar-refractivity contribution in [2.24, 2.45) is 27.3 Å². The number of phenols is 1. The fourth-order valence-electron chi connectivity index (χ4n) is 6.58. The highest BCUT2D eigenvalue weighted by atomic mass is 16.3. The van der Waals surface area contributed by atoms with E-state index in [2.05, 4.69) is 24.4 Å². The van der Waals surface area contributed by atoms with Crippen molar-refractivity contribution < 1.29 is 9.90 Å². The summed E-state index contributed by atoms with van der Waals surface area (Å²) in [4.78, 5) is 13.0. The highest BCUT2D eigenvalue weighted by Crippen LogP contribution is 2.69. The third kappa shape index (κ3) is 2.52. The lowest BCUT2D eigenvalue weighted by molar-refractivity contribution is -0.170. The number of phenolic OH excluding ortho intramolecular Hbond substituents is 1. The molecular weight excluding hydrogens is 300 g/mol. The zero-order valence-corrected chi connectivity index (χ0v) is 14.5. The fraction of sp³-hybridized carbons (Fsp3) is 0.600. The number of benzene rings is 1. The molecule has 4 heteroatoms. The molecule has 5 rings (SSSR count). The number of hydrazone groups is 1. The molecule has 1 amide bonds. The number of para-hydroxylation sites is 1. The predicted molar refractivity (Wildman–Crippen MR) is 93.7 cm³/mol. The van der Waals surface area contributed by atoms with Gasteiger partial charge in [-0.05, 0) is 67.4 Å². The Kier molecular flexibility index (Phi) is 3.32. The van der Waals surface area contributed by atoms with Gasteiger partial charge >= 0.3 is 0 Å². The lowest BCUT2D eigenvalue weighted by atomic mass is 9.40. The van der Waals surface area contributed by atoms with E-state index < -0.39 is 0 Å². The molecular formula is C20H26N2O2. The van der Waals surface area contributed by atoms with Crippen molar-refractivity contribution in [2.75, 3.05) is 0 Å². The van der Waals surface area contributed by atoms with Gasteiger partial charge in [-0.1, -0.05) is 26.0 Å². The van der Waals surface area contributed by atoms with Crippen LogP contribution < -0.4 is 5.43 Å². The summed E-state index contributed by atoms with van der Waals surface area (Å²) >= 11 is 0. The lowest BCUT2D eigenvalue weighted by Crippen LogP contribution is -2.59. The molecule has 4 fully saturated rings. The summed E-state index contributed by atoms with van der Waals surface area (Å²) in [6, 6.07) is 6.99. The van der Waals surface area contributed by atoms with E-state index in [4.69, 9.17) is 0 Å². The van der Waals surface area contributed by atoms with Crippen LogP contribution in [-0.4, -0.2) is 17.2 Å². The SMILES string of the molecule is C[C@@]12CC3CC(C(=O)N/N=C\c4ccccc4O)(C1)C[C@@](C)(C3)C2. The smallest absolute Gasteiger partial charge is 0.246 e. The van der Waals surface area contributed by atoms with Crippen LogP contribution in [0.1, 0.15) is 57.9 Å². The van der Waals surface area contributed by atoms with Gasteiger partial charge in [0.25, 0.3) is 0 Å². The number of rotatable bonds is 3. The first-order chi connectivity index (χ1) is 11.3. The van der Waals surface area contributed by atoms with Gasteiger partial charge in [0.05, 0.1) is 11.6 Å². The van der Waals surface area contributed by atoms with Crippen molar-refractivity contribution in [3.8, 4) is 5.75 Å². The Labute approximate surface area is 143 Å². The first-order valence-corrected chi connectivity index (χ1v) is 8.93. The summed E-state index contributed by atoms with van der Waals surface area (Å²) in [7, 11) is 0. The van der Waals surface area contributed by atoms with E-state index in [1.807, 2.05) is 6.07 Å². The summed E-state index contributed by atoms with van der Waals surface area (Å²) in [6.45, 7) is 4.73. The number of aromatic hydroxyl groups is 1. The number of hydrogen-bond donors (Lipinski definition) is 2. The molecule has 0 aromatic heterocycles. The van der Waals surface area contributed by atoms with Crippen LogP contribution in [0.4, 0.5) is 0 Å². The minimum atomic E-state index is -0.251. The summed E-state index contributed by atoms with van der Waals surface area (Å²) in [5.41, 5.74) is 3.76. The monoisotopic (exact) mass is 326 g/mol. The van der Waals surface area contributed by atoms with Gasteiger partial charge in [-0.15, -0.1) is 0 Å². The first kappa shape index (κ1) is 15.7. The molecule has 4 aliphatic rings. The Balaban J connectivity index is 1.51. The highest BCUT2D eigenvalue weighted by molar-refractivity contribution is 5.87. The third-order valence-electron chi connectivity index (χ3n) is 6.41. The average Bonchev–Trinajstić information content (AvgIpc) is 2.45. The molecule has 0 aliphatic heterocycles. The van der Waals surface area contributed by atoms with Crippen molar-refractivity contribution in [1.82, 2.24) is 5.43 Å². The van der Waals surface area contributed by atoms with E-state index >= 15 is 0 Å². The molecule has 2 atom stereocenters. The second-order valence-electron chi connectivity index (χ2n) is 9.17. The molecule has 2 N–H and O–H groups in total. The summed E-state index contributed by atoms with van der Waals surface area (Å²) < 4.78 is 0. The van der Waals surface area contributed by atoms with Crippen LogP contribution in [0.2, 0.25) is 0 Å². The molecule has 0 radical (unpaired) electrons. The predicted octanol–water partition coefficient (Wildman–Crippen LogP) is 3.84. The first-order valence-electron chi connectivity index (χ1n) is 8.93. The molecule has 128 valence electrons. The maximum atomic E-state index is 13.0. The van der Waals surface area contributed by atoms with E-state index in [-0.39, 0.29) is 17.1 Å². The van der Waals surface area contributed by atoms with E-state index in [0.29, 0.717) is 22.3 Å². The zero-order chi connectivity index (χ0) is 17.0. The molecule has 4 bridgehead atoms. The molecule has 0 heterocycles.